The molecular weight excluding hydrogens is 277 g/mol. The predicted molar refractivity (Wildman–Crippen MR) is 72.8 cm³/mol. The van der Waals surface area contributed by atoms with E-state index in [1.165, 1.54) is 24.3 Å². The fraction of sp³-hybridized carbons (Fsp3) is 0.214. The van der Waals surface area contributed by atoms with Gasteiger partial charge in [0.25, 0.3) is 5.89 Å². The Morgan fingerprint density at radius 1 is 1.43 bits per heavy atom. The van der Waals surface area contributed by atoms with E-state index in [0.717, 1.165) is 0 Å². The van der Waals surface area contributed by atoms with Gasteiger partial charge in [-0.15, -0.1) is 6.58 Å². The molecule has 0 bridgehead atoms. The zero-order chi connectivity index (χ0) is 15.2. The van der Waals surface area contributed by atoms with Crippen LogP contribution in [0.4, 0.5) is 4.39 Å². The molecule has 21 heavy (non-hydrogen) atoms. The second-order valence-corrected chi connectivity index (χ2v) is 4.37. The van der Waals surface area contributed by atoms with Gasteiger partial charge in [0, 0.05) is 12.1 Å². The highest BCUT2D eigenvalue weighted by Crippen LogP contribution is 2.17. The maximum atomic E-state index is 12.8. The lowest BCUT2D eigenvalue weighted by Gasteiger charge is -2.15. The van der Waals surface area contributed by atoms with Crippen molar-refractivity contribution in [1.29, 1.82) is 0 Å². The molecule has 1 heterocycles. The SMILES string of the molecule is C=CCN(CC(=O)O)Cc1noc(-c2ccc(F)cc2)n1. The topological polar surface area (TPSA) is 79.5 Å². The average molecular weight is 291 g/mol. The van der Waals surface area contributed by atoms with E-state index in [4.69, 9.17) is 9.63 Å². The summed E-state index contributed by atoms with van der Waals surface area (Å²) in [6.07, 6.45) is 1.60. The largest absolute Gasteiger partial charge is 0.480 e. The molecule has 2 rings (SSSR count). The number of halogens is 1. The highest BCUT2D eigenvalue weighted by atomic mass is 19.1. The summed E-state index contributed by atoms with van der Waals surface area (Å²) in [5.41, 5.74) is 0.601. The Bertz CT molecular complexity index is 625. The minimum atomic E-state index is -0.945. The van der Waals surface area contributed by atoms with Crippen LogP contribution in [0.15, 0.2) is 41.4 Å². The van der Waals surface area contributed by atoms with E-state index in [-0.39, 0.29) is 24.8 Å². The van der Waals surface area contributed by atoms with E-state index in [1.807, 2.05) is 0 Å². The summed E-state index contributed by atoms with van der Waals surface area (Å²) in [7, 11) is 0. The molecule has 6 nitrogen and oxygen atoms in total. The predicted octanol–water partition coefficient (Wildman–Crippen LogP) is 1.95. The molecule has 0 aliphatic rings. The van der Waals surface area contributed by atoms with Crippen LogP contribution < -0.4 is 0 Å². The number of rotatable bonds is 7. The van der Waals surface area contributed by atoms with Gasteiger partial charge >= 0.3 is 5.97 Å². The number of hydrogen-bond donors (Lipinski definition) is 1. The van der Waals surface area contributed by atoms with Crippen molar-refractivity contribution in [1.82, 2.24) is 15.0 Å². The summed E-state index contributed by atoms with van der Waals surface area (Å²) >= 11 is 0. The van der Waals surface area contributed by atoms with E-state index >= 15 is 0 Å². The Labute approximate surface area is 120 Å². The summed E-state index contributed by atoms with van der Waals surface area (Å²) in [6.45, 7) is 4.05. The number of aliphatic carboxylic acids is 1. The van der Waals surface area contributed by atoms with Gasteiger partial charge < -0.3 is 9.63 Å². The number of carboxylic acids is 1. The minimum absolute atomic E-state index is 0.146. The lowest BCUT2D eigenvalue weighted by atomic mass is 10.2. The number of carbonyl (C=O) groups is 1. The van der Waals surface area contributed by atoms with Gasteiger partial charge in [0.2, 0.25) is 0 Å². The molecule has 0 radical (unpaired) electrons. The number of nitrogens with zero attached hydrogens (tertiary/aromatic N) is 3. The van der Waals surface area contributed by atoms with Gasteiger partial charge in [-0.25, -0.2) is 4.39 Å². The van der Waals surface area contributed by atoms with E-state index < -0.39 is 5.97 Å². The Morgan fingerprint density at radius 2 is 2.14 bits per heavy atom. The standard InChI is InChI=1S/C14H14FN3O3/c1-2-7-18(9-13(19)20)8-12-16-14(21-17-12)10-3-5-11(15)6-4-10/h2-6H,1,7-9H2,(H,19,20). The van der Waals surface area contributed by atoms with E-state index in [2.05, 4.69) is 16.7 Å². The molecule has 0 fully saturated rings. The Balaban J connectivity index is 2.09. The number of aromatic nitrogens is 2. The van der Waals surface area contributed by atoms with Crippen LogP contribution in [0, 0.1) is 5.82 Å². The fourth-order valence-electron chi connectivity index (χ4n) is 1.79. The van der Waals surface area contributed by atoms with Crippen LogP contribution in [0.2, 0.25) is 0 Å². The van der Waals surface area contributed by atoms with Crippen molar-refractivity contribution in [2.75, 3.05) is 13.1 Å². The molecule has 0 atom stereocenters. The van der Waals surface area contributed by atoms with Crippen LogP contribution in [-0.2, 0) is 11.3 Å². The van der Waals surface area contributed by atoms with Crippen LogP contribution in [0.1, 0.15) is 5.82 Å². The van der Waals surface area contributed by atoms with E-state index in [1.54, 1.807) is 11.0 Å². The number of benzene rings is 1. The summed E-state index contributed by atoms with van der Waals surface area (Å²) in [6, 6.07) is 5.66. The van der Waals surface area contributed by atoms with Crippen molar-refractivity contribution in [3.8, 4) is 11.5 Å². The molecule has 1 N–H and O–H groups in total. The first-order valence-electron chi connectivity index (χ1n) is 6.22. The summed E-state index contributed by atoms with van der Waals surface area (Å²) in [4.78, 5) is 16.5. The van der Waals surface area contributed by atoms with E-state index in [0.29, 0.717) is 17.9 Å². The van der Waals surface area contributed by atoms with E-state index in [9.17, 15) is 9.18 Å². The molecule has 0 saturated carbocycles. The molecule has 0 aliphatic heterocycles. The van der Waals surface area contributed by atoms with Gasteiger partial charge in [0.15, 0.2) is 5.82 Å². The van der Waals surface area contributed by atoms with Gasteiger partial charge in [-0.3, -0.25) is 9.69 Å². The van der Waals surface area contributed by atoms with Crippen LogP contribution in [0.3, 0.4) is 0 Å². The van der Waals surface area contributed by atoms with Crippen LogP contribution in [-0.4, -0.2) is 39.2 Å². The van der Waals surface area contributed by atoms with Gasteiger partial charge in [0.05, 0.1) is 13.1 Å². The van der Waals surface area contributed by atoms with Crippen molar-refractivity contribution in [2.24, 2.45) is 0 Å². The van der Waals surface area contributed by atoms with Gasteiger partial charge in [-0.1, -0.05) is 11.2 Å². The Morgan fingerprint density at radius 3 is 2.76 bits per heavy atom. The first kappa shape index (κ1) is 14.9. The zero-order valence-corrected chi connectivity index (χ0v) is 11.2. The molecule has 7 heteroatoms. The third kappa shape index (κ3) is 4.22. The lowest BCUT2D eigenvalue weighted by molar-refractivity contribution is -0.138. The van der Waals surface area contributed by atoms with Crippen molar-refractivity contribution < 1.29 is 18.8 Å². The monoisotopic (exact) mass is 291 g/mol. The highest BCUT2D eigenvalue weighted by Gasteiger charge is 2.14. The average Bonchev–Trinajstić information content (AvgIpc) is 2.87. The molecule has 1 aromatic heterocycles. The number of carboxylic acid groups (broad SMARTS) is 1. The summed E-state index contributed by atoms with van der Waals surface area (Å²) < 4.78 is 17.9. The third-order valence-electron chi connectivity index (χ3n) is 2.67. The van der Waals surface area contributed by atoms with Crippen molar-refractivity contribution in [2.45, 2.75) is 6.54 Å². The first-order valence-corrected chi connectivity index (χ1v) is 6.22. The molecule has 0 saturated heterocycles. The molecule has 0 unspecified atom stereocenters. The highest BCUT2D eigenvalue weighted by molar-refractivity contribution is 5.69. The van der Waals surface area contributed by atoms with Crippen LogP contribution >= 0.6 is 0 Å². The summed E-state index contributed by atoms with van der Waals surface area (Å²) in [5, 5.41) is 12.6. The maximum absolute atomic E-state index is 12.8. The summed E-state index contributed by atoms with van der Waals surface area (Å²) in [5.74, 6) is -0.674. The maximum Gasteiger partial charge on any atom is 0.317 e. The fourth-order valence-corrected chi connectivity index (χ4v) is 1.79. The third-order valence-corrected chi connectivity index (χ3v) is 2.67. The van der Waals surface area contributed by atoms with Crippen LogP contribution in [0.25, 0.3) is 11.5 Å². The quantitative estimate of drug-likeness (QED) is 0.785. The number of hydrogen-bond acceptors (Lipinski definition) is 5. The zero-order valence-electron chi connectivity index (χ0n) is 11.2. The smallest absolute Gasteiger partial charge is 0.317 e. The van der Waals surface area contributed by atoms with Crippen molar-refractivity contribution in [3.63, 3.8) is 0 Å². The van der Waals surface area contributed by atoms with Crippen LogP contribution in [0.5, 0.6) is 0 Å². The van der Waals surface area contributed by atoms with Gasteiger partial charge in [-0.2, -0.15) is 4.98 Å². The van der Waals surface area contributed by atoms with Crippen molar-refractivity contribution in [3.05, 3.63) is 48.6 Å². The normalized spacial score (nSPS) is 10.8. The second kappa shape index (κ2) is 6.76. The van der Waals surface area contributed by atoms with Gasteiger partial charge in [-0.05, 0) is 24.3 Å². The minimum Gasteiger partial charge on any atom is -0.480 e. The Kier molecular flexibility index (Phi) is 4.78. The molecule has 0 aliphatic carbocycles. The molecular formula is C14H14FN3O3. The lowest BCUT2D eigenvalue weighted by Crippen LogP contribution is -2.29. The molecule has 0 amide bonds. The first-order chi connectivity index (χ1) is 10.1. The molecule has 2 aromatic rings. The van der Waals surface area contributed by atoms with Gasteiger partial charge in [0.1, 0.15) is 5.82 Å². The van der Waals surface area contributed by atoms with Crippen molar-refractivity contribution >= 4 is 5.97 Å². The molecule has 1 aromatic carbocycles. The molecule has 110 valence electrons. The second-order valence-electron chi connectivity index (χ2n) is 4.37. The Hall–Kier alpha value is -2.54. The molecule has 0 spiro atoms.